The maximum absolute atomic E-state index is 6.52. The first-order valence-corrected chi connectivity index (χ1v) is 21.2. The molecule has 0 saturated carbocycles. The Morgan fingerprint density at radius 1 is 0.532 bits per heavy atom. The number of hydrogen-bond donors (Lipinski definition) is 0. The van der Waals surface area contributed by atoms with Gasteiger partial charge in [-0.05, 0) is 124 Å². The van der Waals surface area contributed by atoms with Gasteiger partial charge in [0.1, 0.15) is 11.5 Å². The van der Waals surface area contributed by atoms with Crippen LogP contribution in [0.1, 0.15) is 24.5 Å². The quantitative estimate of drug-likeness (QED) is 0.142. The van der Waals surface area contributed by atoms with Gasteiger partial charge in [-0.1, -0.05) is 171 Å². The smallest absolute Gasteiger partial charge is 0.135 e. The predicted molar refractivity (Wildman–Crippen MR) is 261 cm³/mol. The minimum atomic E-state index is -0.201. The number of fused-ring (bicyclic) bond motifs is 1. The molecule has 4 aliphatic rings. The lowest BCUT2D eigenvalue weighted by molar-refractivity contribution is 0.513. The van der Waals surface area contributed by atoms with Gasteiger partial charge in [0, 0.05) is 44.8 Å². The summed E-state index contributed by atoms with van der Waals surface area (Å²) in [4.78, 5) is 2.35. The van der Waals surface area contributed by atoms with Gasteiger partial charge in [0.2, 0.25) is 0 Å². The van der Waals surface area contributed by atoms with Gasteiger partial charge in [0.25, 0.3) is 0 Å². The van der Waals surface area contributed by atoms with Crippen LogP contribution in [0.5, 0.6) is 5.75 Å². The van der Waals surface area contributed by atoms with Gasteiger partial charge >= 0.3 is 0 Å². The van der Waals surface area contributed by atoms with E-state index in [0.29, 0.717) is 0 Å². The molecule has 0 N–H and O–H groups in total. The van der Waals surface area contributed by atoms with Gasteiger partial charge < -0.3 is 9.64 Å². The van der Waals surface area contributed by atoms with E-state index in [4.69, 9.17) is 4.74 Å². The molecule has 1 unspecified atom stereocenters. The highest BCUT2D eigenvalue weighted by atomic mass is 16.5. The number of rotatable bonds is 8. The van der Waals surface area contributed by atoms with Gasteiger partial charge in [-0.15, -0.1) is 5.73 Å². The molecule has 6 aromatic carbocycles. The Bertz CT molecular complexity index is 3010. The molecule has 0 saturated heterocycles. The zero-order chi connectivity index (χ0) is 41.9. The van der Waals surface area contributed by atoms with Crippen molar-refractivity contribution in [3.05, 3.63) is 277 Å². The lowest BCUT2D eigenvalue weighted by Gasteiger charge is -2.34. The Hall–Kier alpha value is -7.90. The molecule has 0 radical (unpaired) electrons. The van der Waals surface area contributed by atoms with E-state index in [1.54, 1.807) is 0 Å². The molecule has 296 valence electrons. The van der Waals surface area contributed by atoms with Crippen LogP contribution in [-0.2, 0) is 0 Å². The molecule has 2 nitrogen and oxygen atoms in total. The highest BCUT2D eigenvalue weighted by molar-refractivity contribution is 5.81. The van der Waals surface area contributed by atoms with E-state index in [2.05, 4.69) is 212 Å². The Morgan fingerprint density at radius 3 is 1.69 bits per heavy atom. The fourth-order valence-electron chi connectivity index (χ4n) is 8.56. The van der Waals surface area contributed by atoms with Crippen molar-refractivity contribution in [2.24, 2.45) is 5.41 Å². The number of hydrogen-bond acceptors (Lipinski definition) is 2. The number of nitrogens with zero attached hydrogens (tertiary/aromatic N) is 1. The molecular formula is C60H45NO. The summed E-state index contributed by atoms with van der Waals surface area (Å²) >= 11 is 0. The largest absolute Gasteiger partial charge is 0.456 e. The second-order valence-electron chi connectivity index (χ2n) is 16.2. The molecule has 2 bridgehead atoms. The normalized spacial score (nSPS) is 18.9. The van der Waals surface area contributed by atoms with E-state index in [9.17, 15) is 0 Å². The van der Waals surface area contributed by atoms with Crippen molar-refractivity contribution in [1.82, 2.24) is 0 Å². The highest BCUT2D eigenvalue weighted by Gasteiger charge is 2.31. The molecule has 3 aliphatic carbocycles. The minimum absolute atomic E-state index is 0.201. The molecular weight excluding hydrogens is 751 g/mol. The maximum atomic E-state index is 6.52. The molecule has 1 atom stereocenters. The van der Waals surface area contributed by atoms with Crippen LogP contribution in [0.3, 0.4) is 0 Å². The van der Waals surface area contributed by atoms with Crippen molar-refractivity contribution in [2.75, 3.05) is 4.90 Å². The summed E-state index contributed by atoms with van der Waals surface area (Å²) in [6.45, 7) is 6.56. The second kappa shape index (κ2) is 16.6. The first-order valence-electron chi connectivity index (χ1n) is 21.2. The molecule has 1 aliphatic heterocycles. The lowest BCUT2D eigenvalue weighted by atomic mass is 9.73. The molecule has 0 aromatic heterocycles. The minimum Gasteiger partial charge on any atom is -0.456 e. The van der Waals surface area contributed by atoms with Gasteiger partial charge in [-0.3, -0.25) is 0 Å². The second-order valence-corrected chi connectivity index (χ2v) is 16.2. The Morgan fingerprint density at radius 2 is 1.06 bits per heavy atom. The van der Waals surface area contributed by atoms with Crippen molar-refractivity contribution in [3.63, 3.8) is 0 Å². The van der Waals surface area contributed by atoms with Crippen LogP contribution in [0.2, 0.25) is 0 Å². The first-order chi connectivity index (χ1) is 30.5. The third-order valence-corrected chi connectivity index (χ3v) is 12.1. The predicted octanol–water partition coefficient (Wildman–Crippen LogP) is 15.8. The van der Waals surface area contributed by atoms with Gasteiger partial charge in [-0.2, -0.15) is 0 Å². The first kappa shape index (κ1) is 38.3. The van der Waals surface area contributed by atoms with E-state index in [1.165, 1.54) is 39.0 Å². The zero-order valence-corrected chi connectivity index (χ0v) is 34.7. The van der Waals surface area contributed by atoms with Crippen molar-refractivity contribution < 1.29 is 4.74 Å². The van der Waals surface area contributed by atoms with Gasteiger partial charge in [-0.25, -0.2) is 0 Å². The van der Waals surface area contributed by atoms with Crippen molar-refractivity contribution >= 4 is 22.7 Å². The highest BCUT2D eigenvalue weighted by Crippen LogP contribution is 2.44. The Labute approximate surface area is 365 Å². The summed E-state index contributed by atoms with van der Waals surface area (Å²) in [7, 11) is 0. The topological polar surface area (TPSA) is 12.5 Å². The molecule has 10 rings (SSSR count). The van der Waals surface area contributed by atoms with Crippen LogP contribution in [0.4, 0.5) is 11.4 Å². The van der Waals surface area contributed by atoms with E-state index in [0.717, 1.165) is 62.8 Å². The molecule has 62 heavy (non-hydrogen) atoms. The van der Waals surface area contributed by atoms with E-state index < -0.39 is 0 Å². The summed E-state index contributed by atoms with van der Waals surface area (Å²) in [5.41, 5.74) is 20.3. The molecule has 6 aromatic rings. The fraction of sp³-hybridized carbons (Fsp3) is 0.0500. The molecule has 1 heterocycles. The van der Waals surface area contributed by atoms with Crippen molar-refractivity contribution in [3.8, 4) is 39.1 Å². The van der Waals surface area contributed by atoms with Crippen molar-refractivity contribution in [2.45, 2.75) is 13.3 Å². The van der Waals surface area contributed by atoms with Crippen LogP contribution >= 0.6 is 0 Å². The van der Waals surface area contributed by atoms with E-state index >= 15 is 0 Å². The van der Waals surface area contributed by atoms with Gasteiger partial charge in [0.15, 0.2) is 0 Å². The summed E-state index contributed by atoms with van der Waals surface area (Å²) in [5, 5.41) is 0. The number of anilines is 2. The summed E-state index contributed by atoms with van der Waals surface area (Å²) in [6, 6.07) is 53.9. The average Bonchev–Trinajstić information content (AvgIpc) is 3.69. The number of ether oxygens (including phenoxy) is 1. The van der Waals surface area contributed by atoms with Crippen LogP contribution in [0, 0.1) is 5.41 Å². The van der Waals surface area contributed by atoms with Crippen molar-refractivity contribution in [1.29, 1.82) is 0 Å². The molecule has 0 spiro atoms. The molecule has 0 fully saturated rings. The summed E-state index contributed by atoms with van der Waals surface area (Å²) in [6.07, 6.45) is 28.9. The Balaban J connectivity index is 0.948. The molecule has 2 heteroatoms. The van der Waals surface area contributed by atoms with E-state index in [1.807, 2.05) is 42.5 Å². The standard InChI is InChI=1S/C60H45NO/c1-43-12-10-21-58(62-59-20-9-8-18-56(43)59)51-32-36-54(37-33-51)61(55-38-40-60(2,41-39-55)57-19-11-14-44-13-6-7-17-52(57)42-44)53-34-30-50(31-35-53)49-28-26-48(27-29-49)47-24-22-46(23-25-47)45-15-4-3-5-16-45/h3-40H,1,41H2,2H3/b12-10-,58-21-. The third kappa shape index (κ3) is 7.80. The van der Waals surface area contributed by atoms with E-state index in [-0.39, 0.29) is 5.41 Å². The van der Waals surface area contributed by atoms with Crippen LogP contribution < -0.4 is 9.64 Å². The number of para-hydroxylation sites is 1. The average molecular weight is 796 g/mol. The monoisotopic (exact) mass is 795 g/mol. The number of benzene rings is 6. The lowest BCUT2D eigenvalue weighted by Crippen LogP contribution is -2.23. The van der Waals surface area contributed by atoms with Crippen LogP contribution in [-0.4, -0.2) is 0 Å². The third-order valence-electron chi connectivity index (χ3n) is 12.1. The summed E-state index contributed by atoms with van der Waals surface area (Å²) < 4.78 is 6.52. The zero-order valence-electron chi connectivity index (χ0n) is 34.7. The molecule has 0 amide bonds. The number of allylic oxidation sites excluding steroid dienone is 16. The fourth-order valence-corrected chi connectivity index (χ4v) is 8.56. The Kier molecular flexibility index (Phi) is 10.3. The summed E-state index contributed by atoms with van der Waals surface area (Å²) in [5.74, 6) is 1.58. The van der Waals surface area contributed by atoms with Crippen LogP contribution in [0.15, 0.2) is 265 Å². The van der Waals surface area contributed by atoms with Crippen LogP contribution in [0.25, 0.3) is 44.7 Å². The van der Waals surface area contributed by atoms with Gasteiger partial charge in [0.05, 0.1) is 0 Å². The maximum Gasteiger partial charge on any atom is 0.135 e. The SMILES string of the molecule is C=C1/C=C\C=C(\c2ccc(N(C3=CCC(C)(C4=CC=CC5=C=C4C=CC=C5)C=C3)c3ccc(-c4ccc(-c5ccc(-c6ccccc6)cc5)cc4)cc3)cc2)Oc2ccccc21.